The normalized spacial score (nSPS) is 11.4. The maximum Gasteiger partial charge on any atom is 0.263 e. The summed E-state index contributed by atoms with van der Waals surface area (Å²) in [7, 11) is 3.29. The maximum atomic E-state index is 13.2. The average Bonchev–Trinajstić information content (AvgIpc) is 3.15. The highest BCUT2D eigenvalue weighted by Crippen LogP contribution is 2.23. The van der Waals surface area contributed by atoms with Crippen LogP contribution in [0.3, 0.4) is 0 Å². The molecule has 2 aromatic carbocycles. The highest BCUT2D eigenvalue weighted by atomic mass is 32.2. The molecule has 0 unspecified atom stereocenters. The summed E-state index contributed by atoms with van der Waals surface area (Å²) in [4.78, 5) is 13.2. The molecule has 0 aliphatic rings. The second-order valence-corrected chi connectivity index (χ2v) is 7.24. The van der Waals surface area contributed by atoms with E-state index in [-0.39, 0.29) is 5.56 Å². The molecule has 0 atom stereocenters. The first kappa shape index (κ1) is 18.5. The van der Waals surface area contributed by atoms with Gasteiger partial charge in [0.2, 0.25) is 5.78 Å². The van der Waals surface area contributed by atoms with Crippen LogP contribution >= 0.6 is 11.8 Å². The number of aromatic nitrogens is 4. The van der Waals surface area contributed by atoms with Crippen LogP contribution in [0.25, 0.3) is 16.7 Å². The predicted molar refractivity (Wildman–Crippen MR) is 109 cm³/mol. The van der Waals surface area contributed by atoms with E-state index >= 15 is 0 Å². The molecular formula is C20H20N4O3S. The lowest BCUT2D eigenvalue weighted by molar-refractivity contribution is 0.218. The third kappa shape index (κ3) is 3.25. The number of para-hydroxylation sites is 2. The van der Waals surface area contributed by atoms with Crippen LogP contribution in [0.1, 0.15) is 5.56 Å². The fraction of sp³-hybridized carbons (Fsp3) is 0.250. The first-order valence-corrected chi connectivity index (χ1v) is 9.83. The molecular weight excluding hydrogens is 376 g/mol. The van der Waals surface area contributed by atoms with E-state index in [1.54, 1.807) is 30.5 Å². The number of hydrogen-bond acceptors (Lipinski definition) is 6. The van der Waals surface area contributed by atoms with Gasteiger partial charge < -0.3 is 9.47 Å². The molecule has 28 heavy (non-hydrogen) atoms. The quantitative estimate of drug-likeness (QED) is 0.353. The van der Waals surface area contributed by atoms with Crippen molar-refractivity contribution in [1.29, 1.82) is 0 Å². The molecule has 2 heterocycles. The van der Waals surface area contributed by atoms with Crippen LogP contribution in [0.5, 0.6) is 5.75 Å². The highest BCUT2D eigenvalue weighted by Gasteiger charge is 2.17. The monoisotopic (exact) mass is 396 g/mol. The van der Waals surface area contributed by atoms with Gasteiger partial charge in [0.25, 0.3) is 5.56 Å². The molecule has 4 rings (SSSR count). The van der Waals surface area contributed by atoms with Crippen LogP contribution in [-0.4, -0.2) is 45.7 Å². The molecule has 2 aromatic heterocycles. The van der Waals surface area contributed by atoms with Crippen molar-refractivity contribution in [1.82, 2.24) is 19.2 Å². The van der Waals surface area contributed by atoms with E-state index in [0.717, 1.165) is 27.7 Å². The van der Waals surface area contributed by atoms with Crippen molar-refractivity contribution in [3.05, 3.63) is 64.4 Å². The summed E-state index contributed by atoms with van der Waals surface area (Å²) in [5, 5.41) is 10.0. The van der Waals surface area contributed by atoms with Gasteiger partial charge >= 0.3 is 0 Å². The molecule has 0 saturated heterocycles. The van der Waals surface area contributed by atoms with E-state index in [0.29, 0.717) is 24.3 Å². The topological polar surface area (TPSA) is 70.7 Å². The van der Waals surface area contributed by atoms with Crippen molar-refractivity contribution in [3.63, 3.8) is 0 Å². The largest absolute Gasteiger partial charge is 0.496 e. The van der Waals surface area contributed by atoms with Crippen LogP contribution < -0.4 is 10.3 Å². The molecule has 0 aliphatic heterocycles. The van der Waals surface area contributed by atoms with Crippen molar-refractivity contribution < 1.29 is 9.47 Å². The van der Waals surface area contributed by atoms with Crippen molar-refractivity contribution in [2.75, 3.05) is 26.6 Å². The summed E-state index contributed by atoms with van der Waals surface area (Å²) in [6, 6.07) is 15.2. The van der Waals surface area contributed by atoms with Crippen LogP contribution in [0.4, 0.5) is 0 Å². The second-order valence-electron chi connectivity index (χ2n) is 6.18. The second kappa shape index (κ2) is 8.04. The average molecular weight is 396 g/mol. The smallest absolute Gasteiger partial charge is 0.263 e. The standard InChI is InChI=1S/C20H20N4O3S/c1-26-11-12-28-20-22-21-19-23(13-14-7-3-6-10-17(14)27-2)18(25)15-8-4-5-9-16(15)24(19)20/h3-10H,11-13H2,1-2H3. The summed E-state index contributed by atoms with van der Waals surface area (Å²) in [5.41, 5.74) is 1.60. The molecule has 144 valence electrons. The lowest BCUT2D eigenvalue weighted by atomic mass is 10.2. The molecule has 0 spiro atoms. The molecule has 4 aromatic rings. The summed E-state index contributed by atoms with van der Waals surface area (Å²) in [6.07, 6.45) is 0. The lowest BCUT2D eigenvalue weighted by Gasteiger charge is -2.13. The number of thioether (sulfide) groups is 1. The van der Waals surface area contributed by atoms with Gasteiger partial charge in [-0.1, -0.05) is 42.1 Å². The van der Waals surface area contributed by atoms with Crippen LogP contribution in [0.15, 0.2) is 58.5 Å². The van der Waals surface area contributed by atoms with E-state index < -0.39 is 0 Å². The number of hydrogen-bond donors (Lipinski definition) is 0. The molecule has 0 fully saturated rings. The first-order valence-electron chi connectivity index (χ1n) is 8.85. The molecule has 0 amide bonds. The van der Waals surface area contributed by atoms with E-state index in [9.17, 15) is 4.79 Å². The molecule has 0 bridgehead atoms. The molecule has 0 aliphatic carbocycles. The fourth-order valence-electron chi connectivity index (χ4n) is 3.19. The fourth-order valence-corrected chi connectivity index (χ4v) is 4.03. The minimum absolute atomic E-state index is 0.102. The number of fused-ring (bicyclic) bond motifs is 3. The highest BCUT2D eigenvalue weighted by molar-refractivity contribution is 7.99. The van der Waals surface area contributed by atoms with Crippen LogP contribution in [0, 0.1) is 0 Å². The van der Waals surface area contributed by atoms with Gasteiger partial charge in [-0.3, -0.25) is 13.8 Å². The third-order valence-corrected chi connectivity index (χ3v) is 5.41. The Hall–Kier alpha value is -2.84. The number of benzene rings is 2. The zero-order chi connectivity index (χ0) is 19.5. The Labute approximate surface area is 165 Å². The van der Waals surface area contributed by atoms with E-state index in [4.69, 9.17) is 9.47 Å². The van der Waals surface area contributed by atoms with Gasteiger partial charge in [0, 0.05) is 18.4 Å². The Balaban J connectivity index is 1.92. The zero-order valence-electron chi connectivity index (χ0n) is 15.7. The van der Waals surface area contributed by atoms with E-state index in [1.807, 2.05) is 52.9 Å². The van der Waals surface area contributed by atoms with Gasteiger partial charge in [0.15, 0.2) is 5.16 Å². The third-order valence-electron chi connectivity index (χ3n) is 4.52. The van der Waals surface area contributed by atoms with Crippen molar-refractivity contribution >= 4 is 28.4 Å². The van der Waals surface area contributed by atoms with Gasteiger partial charge in [-0.15, -0.1) is 10.2 Å². The lowest BCUT2D eigenvalue weighted by Crippen LogP contribution is -2.24. The Morgan fingerprint density at radius 3 is 2.64 bits per heavy atom. The van der Waals surface area contributed by atoms with Crippen LogP contribution in [-0.2, 0) is 11.3 Å². The summed E-state index contributed by atoms with van der Waals surface area (Å²) < 4.78 is 14.2. The Kier molecular flexibility index (Phi) is 5.31. The number of nitrogens with zero attached hydrogens (tertiary/aromatic N) is 4. The Morgan fingerprint density at radius 2 is 1.82 bits per heavy atom. The predicted octanol–water partition coefficient (Wildman–Crippen LogP) is 2.84. The number of rotatable bonds is 7. The molecule has 7 nitrogen and oxygen atoms in total. The van der Waals surface area contributed by atoms with Crippen molar-refractivity contribution in [3.8, 4) is 5.75 Å². The molecule has 8 heteroatoms. The Bertz CT molecular complexity index is 1190. The molecule has 0 radical (unpaired) electrons. The van der Waals surface area contributed by atoms with E-state index in [1.165, 1.54) is 0 Å². The molecule has 0 saturated carbocycles. The summed E-state index contributed by atoms with van der Waals surface area (Å²) >= 11 is 1.55. The van der Waals surface area contributed by atoms with Gasteiger partial charge in [0.1, 0.15) is 5.75 Å². The van der Waals surface area contributed by atoms with Gasteiger partial charge in [-0.2, -0.15) is 0 Å². The summed E-state index contributed by atoms with van der Waals surface area (Å²) in [5.74, 6) is 1.99. The van der Waals surface area contributed by atoms with Gasteiger partial charge in [-0.05, 0) is 18.2 Å². The van der Waals surface area contributed by atoms with E-state index in [2.05, 4.69) is 10.2 Å². The maximum absolute atomic E-state index is 13.2. The van der Waals surface area contributed by atoms with Crippen molar-refractivity contribution in [2.24, 2.45) is 0 Å². The SMILES string of the molecule is COCCSc1nnc2n(Cc3ccccc3OC)c(=O)c3ccccc3n12. The minimum Gasteiger partial charge on any atom is -0.496 e. The minimum atomic E-state index is -0.102. The van der Waals surface area contributed by atoms with Crippen molar-refractivity contribution in [2.45, 2.75) is 11.7 Å². The van der Waals surface area contributed by atoms with Gasteiger partial charge in [0.05, 0.1) is 31.2 Å². The summed E-state index contributed by atoms with van der Waals surface area (Å²) in [6.45, 7) is 0.955. The first-order chi connectivity index (χ1) is 13.7. The molecule has 0 N–H and O–H groups in total. The number of methoxy groups -OCH3 is 2. The zero-order valence-corrected chi connectivity index (χ0v) is 16.5. The van der Waals surface area contributed by atoms with Gasteiger partial charge in [-0.25, -0.2) is 0 Å². The number of ether oxygens (including phenoxy) is 2. The Morgan fingerprint density at radius 1 is 1.04 bits per heavy atom. The van der Waals surface area contributed by atoms with Crippen LogP contribution in [0.2, 0.25) is 0 Å².